The molecule has 0 radical (unpaired) electrons. The predicted octanol–water partition coefficient (Wildman–Crippen LogP) is 19.6. The van der Waals surface area contributed by atoms with Gasteiger partial charge in [0.25, 0.3) is 0 Å². The summed E-state index contributed by atoms with van der Waals surface area (Å²) in [5, 5.41) is 2.28. The van der Waals surface area contributed by atoms with Gasteiger partial charge in [-0.1, -0.05) is 69.6 Å². The van der Waals surface area contributed by atoms with Gasteiger partial charge in [0.2, 0.25) is 0 Å². The Kier molecular flexibility index (Phi) is 15.9. The predicted molar refractivity (Wildman–Crippen MR) is 380 cm³/mol. The molecule has 88 heavy (non-hydrogen) atoms. The molecule has 2 spiro atoms. The van der Waals surface area contributed by atoms with Gasteiger partial charge in [0.1, 0.15) is 0 Å². The average molecular weight is 1400 g/mol. The Morgan fingerprint density at radius 3 is 0.750 bits per heavy atom. The topological polar surface area (TPSA) is 18.5 Å². The molecule has 15 rings (SSSR count). The third-order valence-corrected chi connectivity index (χ3v) is 42.9. The van der Waals surface area contributed by atoms with Gasteiger partial charge in [-0.2, -0.15) is 0 Å². The monoisotopic (exact) mass is 1400 g/mol. The second-order valence-electron chi connectivity index (χ2n) is 25.3. The quantitative estimate of drug-likeness (QED) is 0.0993. The Bertz CT molecular complexity index is 3990. The molecular formula is C78H70Cl6Ge2O2. The molecule has 0 bridgehead atoms. The van der Waals surface area contributed by atoms with Gasteiger partial charge in [-0.15, -0.1) is 0 Å². The molecule has 5 aliphatic rings. The second-order valence-corrected chi connectivity index (χ2v) is 43.4. The number of benzene rings is 10. The normalized spacial score (nSPS) is 17.5. The molecule has 0 fully saturated rings. The van der Waals surface area contributed by atoms with Crippen LogP contribution >= 0.6 is 69.6 Å². The van der Waals surface area contributed by atoms with E-state index >= 15 is 0 Å². The van der Waals surface area contributed by atoms with Crippen molar-refractivity contribution in [3.63, 3.8) is 0 Å². The van der Waals surface area contributed by atoms with Crippen molar-refractivity contribution < 1.29 is 7.53 Å². The van der Waals surface area contributed by atoms with E-state index in [1.807, 2.05) is 0 Å². The molecule has 10 aromatic rings. The van der Waals surface area contributed by atoms with Gasteiger partial charge in [-0.25, -0.2) is 0 Å². The molecule has 2 nitrogen and oxygen atoms in total. The summed E-state index contributed by atoms with van der Waals surface area (Å²) in [5.74, 6) is 1.83. The number of halogens is 6. The summed E-state index contributed by atoms with van der Waals surface area (Å²) >= 11 is 19.4. The summed E-state index contributed by atoms with van der Waals surface area (Å²) < 4.78 is 21.3. The molecule has 10 aromatic carbocycles. The van der Waals surface area contributed by atoms with Crippen LogP contribution in [0, 0.1) is 83.1 Å². The average Bonchev–Trinajstić information content (AvgIpc) is 1.19. The first-order valence-electron chi connectivity index (χ1n) is 30.3. The van der Waals surface area contributed by atoms with Crippen molar-refractivity contribution in [3.05, 3.63) is 282 Å². The second kappa shape index (κ2) is 22.8. The fourth-order valence-electron chi connectivity index (χ4n) is 18.4. The van der Waals surface area contributed by atoms with Crippen LogP contribution in [0.2, 0.25) is 0 Å². The molecule has 2 atom stereocenters. The van der Waals surface area contributed by atoms with Crippen LogP contribution < -0.4 is 25.1 Å². The number of rotatable bonds is 4. The Morgan fingerprint density at radius 1 is 0.318 bits per heavy atom. The summed E-state index contributed by atoms with van der Waals surface area (Å²) in [6.07, 6.45) is 5.56. The van der Waals surface area contributed by atoms with Crippen molar-refractivity contribution >= 4 is 125 Å². The maximum Gasteiger partial charge on any atom is 0.180 e. The van der Waals surface area contributed by atoms with Crippen LogP contribution in [-0.4, -0.2) is 35.8 Å². The molecule has 0 N–H and O–H groups in total. The number of allylic oxidation sites excluding steroid dienone is 2. The van der Waals surface area contributed by atoms with Crippen LogP contribution in [0.15, 0.2) is 182 Å². The summed E-state index contributed by atoms with van der Waals surface area (Å²) in [7, 11) is 0. The molecule has 0 amide bonds. The van der Waals surface area contributed by atoms with E-state index in [1.54, 1.807) is 0 Å². The molecule has 10 heteroatoms. The number of fused-ring (bicyclic) bond motifs is 15. The van der Waals surface area contributed by atoms with Gasteiger partial charge >= 0.3 is 482 Å². The number of alkyl halides is 6. The van der Waals surface area contributed by atoms with E-state index in [9.17, 15) is 7.53 Å². The molecule has 3 aliphatic carbocycles. The fourth-order valence-corrected chi connectivity index (χ4v) is 44.9. The van der Waals surface area contributed by atoms with Gasteiger partial charge in [-0.05, 0) is 0 Å². The number of hydrogen-bond acceptors (Lipinski definition) is 2. The number of hydrogen-bond donors (Lipinski definition) is 0. The van der Waals surface area contributed by atoms with Crippen LogP contribution in [0.3, 0.4) is 0 Å². The molecule has 0 saturated heterocycles. The first-order valence-corrected chi connectivity index (χ1v) is 40.9. The maximum atomic E-state index is 9.21. The van der Waals surface area contributed by atoms with Gasteiger partial charge < -0.3 is 0 Å². The van der Waals surface area contributed by atoms with E-state index in [4.69, 9.17) is 69.6 Å². The smallest absolute Gasteiger partial charge is 0.0874 e. The third kappa shape index (κ3) is 8.68. The summed E-state index contributed by atoms with van der Waals surface area (Å²) in [5.41, 5.74) is 29.1. The van der Waals surface area contributed by atoms with Crippen molar-refractivity contribution in [2.24, 2.45) is 0 Å². The van der Waals surface area contributed by atoms with E-state index in [0.29, 0.717) is 0 Å². The van der Waals surface area contributed by atoms with Crippen molar-refractivity contribution in [2.75, 3.05) is 0 Å². The van der Waals surface area contributed by atoms with Crippen molar-refractivity contribution in [1.29, 1.82) is 0 Å². The molecule has 0 unspecified atom stereocenters. The molecule has 0 aromatic heterocycles. The van der Waals surface area contributed by atoms with E-state index in [0.717, 1.165) is 22.3 Å². The minimum Gasteiger partial charge on any atom is -0.0874 e. The minimum absolute atomic E-state index is 0.135. The van der Waals surface area contributed by atoms with Crippen molar-refractivity contribution in [1.82, 2.24) is 0 Å². The van der Waals surface area contributed by atoms with E-state index in [-0.39, 0.29) is 11.8 Å². The fraction of sp³-hybridized carbons (Fsp3) is 0.231. The molecular weight excluding hydrogens is 1330 g/mol. The van der Waals surface area contributed by atoms with Crippen molar-refractivity contribution in [3.8, 4) is 33.8 Å². The van der Waals surface area contributed by atoms with E-state index < -0.39 is 44.3 Å². The number of aryl methyl sites for hydroxylation is 12. The van der Waals surface area contributed by atoms with Gasteiger partial charge in [0.15, 0.2) is 8.59 Å². The summed E-state index contributed by atoms with van der Waals surface area (Å²) in [6.45, 7) is 28.2. The zero-order valence-electron chi connectivity index (χ0n) is 51.7. The molecule has 444 valence electrons. The first-order chi connectivity index (χ1) is 42.1. The summed E-state index contributed by atoms with van der Waals surface area (Å²) in [4.78, 5) is 0. The standard InChI is InChI=1S/C76H68Ge2O2.2CHCl3/c1-43-35-47(5)69(48(6)36-43)77(70-49(7)37-44(2)38-50(70)8)75(61-29-19-15-23-55(61)56-24-16-20-30-62(56)75)65-33-34-66-68-67(65)73(79-77)59-27-13-14-28-60(59)74(68)80-78(71-51(9)39-45(3)40-52(71)10,72-53(11)41-46(4)42-54(72)12)76(66)63-31-21-17-25-57(63)58-26-18-22-32-64(58)76;2*2-1(3)4/h13-42,65-66H,1-12H3;2*1H/t65-,66-;;/m0../s1. The SMILES string of the molecule is Cc1cc(C)[c]([Ge]2([c]3c(C)cc(C)cc3C)[O]c3c4c5c(c6ccccc36)[O][Ge]([c]3c(C)cc(C)cc3C)([c]3c(C)cc(C)cc3C)[C]3(c6ccccc6-c6ccccc63)[C@H]5C=C[C@@H]4[C]23c2ccccc2-c2ccccc23)c(C)c1.ClC(Cl)Cl.ClC(Cl)Cl. The Labute approximate surface area is 555 Å². The Balaban J connectivity index is 0.000000844. The minimum atomic E-state index is -4.70. The maximum absolute atomic E-state index is 9.21. The van der Waals surface area contributed by atoms with Gasteiger partial charge in [-0.3, -0.25) is 0 Å². The Hall–Kier alpha value is -5.37. The van der Waals surface area contributed by atoms with Crippen LogP contribution in [-0.2, 0) is 8.49 Å². The zero-order valence-corrected chi connectivity index (χ0v) is 60.4. The van der Waals surface area contributed by atoms with E-state index in [2.05, 4.69) is 265 Å². The molecule has 0 saturated carbocycles. The third-order valence-electron chi connectivity index (χ3n) is 20.0. The van der Waals surface area contributed by atoms with Crippen LogP contribution in [0.25, 0.3) is 33.0 Å². The largest absolute Gasteiger partial charge is 0.180 e. The van der Waals surface area contributed by atoms with Crippen LogP contribution in [0.4, 0.5) is 0 Å². The first kappa shape index (κ1) is 61.5. The van der Waals surface area contributed by atoms with Crippen LogP contribution in [0.5, 0.6) is 11.5 Å². The van der Waals surface area contributed by atoms with Crippen LogP contribution in [0.1, 0.15) is 112 Å². The van der Waals surface area contributed by atoms with Gasteiger partial charge in [0, 0.05) is 0 Å². The molecule has 2 aliphatic heterocycles. The van der Waals surface area contributed by atoms with E-state index in [1.165, 1.54) is 140 Å². The van der Waals surface area contributed by atoms with Crippen molar-refractivity contribution in [2.45, 2.75) is 112 Å². The van der Waals surface area contributed by atoms with Gasteiger partial charge in [0.05, 0.1) is 0 Å². The molecule has 2 heterocycles. The Morgan fingerprint density at radius 2 is 0.523 bits per heavy atom. The summed E-state index contributed by atoms with van der Waals surface area (Å²) in [6, 6.07) is 66.8. The zero-order chi connectivity index (χ0) is 62.3.